The second-order valence-electron chi connectivity index (χ2n) is 10.2. The zero-order valence-electron chi connectivity index (χ0n) is 21.9. The fourth-order valence-corrected chi connectivity index (χ4v) is 6.22. The number of aryl methyl sites for hydroxylation is 1. The highest BCUT2D eigenvalue weighted by Crippen LogP contribution is 2.37. The van der Waals surface area contributed by atoms with Crippen molar-refractivity contribution in [1.82, 2.24) is 14.1 Å². The number of Topliss-reactive ketones (excluding diaryl/α,β-unsaturated/α-hetero) is 1. The Labute approximate surface area is 227 Å². The highest BCUT2D eigenvalue weighted by Gasteiger charge is 2.36. The van der Waals surface area contributed by atoms with E-state index in [1.165, 1.54) is 42.2 Å². The highest BCUT2D eigenvalue weighted by molar-refractivity contribution is 7.22. The van der Waals surface area contributed by atoms with Gasteiger partial charge in [0.1, 0.15) is 28.5 Å². The summed E-state index contributed by atoms with van der Waals surface area (Å²) >= 11 is 1.19. The molecule has 11 heteroatoms. The lowest BCUT2D eigenvalue weighted by Crippen LogP contribution is -2.52. The van der Waals surface area contributed by atoms with Crippen LogP contribution in [-0.2, 0) is 26.4 Å². The van der Waals surface area contributed by atoms with Crippen molar-refractivity contribution in [3.63, 3.8) is 0 Å². The van der Waals surface area contributed by atoms with E-state index >= 15 is 0 Å². The molecule has 1 fully saturated rings. The molecule has 1 aliphatic carbocycles. The Kier molecular flexibility index (Phi) is 7.13. The first-order chi connectivity index (χ1) is 18.6. The first-order valence-electron chi connectivity index (χ1n) is 12.7. The molecular formula is C28H29N3O7S. The molecule has 10 nitrogen and oxygen atoms in total. The van der Waals surface area contributed by atoms with Gasteiger partial charge in [0.05, 0.1) is 29.1 Å². The number of carboxylic acid groups (broad SMARTS) is 1. The molecule has 4 aromatic rings. The normalized spacial score (nSPS) is 15.6. The summed E-state index contributed by atoms with van der Waals surface area (Å²) in [6, 6.07) is 9.43. The van der Waals surface area contributed by atoms with E-state index in [0.29, 0.717) is 46.8 Å². The second-order valence-corrected chi connectivity index (χ2v) is 11.2. The average Bonchev–Trinajstić information content (AvgIpc) is 3.55. The molecule has 1 saturated carbocycles. The lowest BCUT2D eigenvalue weighted by Gasteiger charge is -2.29. The minimum Gasteiger partial charge on any atom is -0.480 e. The molecular weight excluding hydrogens is 522 g/mol. The minimum absolute atomic E-state index is 0.0325. The molecule has 1 aliphatic rings. The molecule has 0 radical (unpaired) electrons. The van der Waals surface area contributed by atoms with Gasteiger partial charge in [0.2, 0.25) is 5.89 Å². The number of hydrogen-bond acceptors (Lipinski definition) is 8. The van der Waals surface area contributed by atoms with Gasteiger partial charge in [-0.15, -0.1) is 11.3 Å². The fraction of sp³-hybridized carbons (Fsp3) is 0.393. The molecule has 0 amide bonds. The fourth-order valence-electron chi connectivity index (χ4n) is 4.98. The molecule has 1 N–H and O–H groups in total. The summed E-state index contributed by atoms with van der Waals surface area (Å²) in [6.45, 7) is 4.42. The maximum absolute atomic E-state index is 14.0. The summed E-state index contributed by atoms with van der Waals surface area (Å²) in [5.41, 5.74) is -1.87. The molecule has 0 aliphatic heterocycles. The molecule has 0 saturated heterocycles. The molecule has 1 unspecified atom stereocenters. The number of hydrogen-bond donors (Lipinski definition) is 1. The van der Waals surface area contributed by atoms with Crippen molar-refractivity contribution in [3.8, 4) is 10.8 Å². The number of nitrogens with zero attached hydrogens (tertiary/aromatic N) is 3. The smallest absolute Gasteiger partial charge is 0.333 e. The van der Waals surface area contributed by atoms with Crippen LogP contribution in [0.25, 0.3) is 21.0 Å². The lowest BCUT2D eigenvalue weighted by atomic mass is 9.96. The Morgan fingerprint density at radius 1 is 1.21 bits per heavy atom. The third kappa shape index (κ3) is 4.87. The lowest BCUT2D eigenvalue weighted by molar-refractivity contribution is -0.146. The van der Waals surface area contributed by atoms with E-state index in [1.54, 1.807) is 6.92 Å². The molecule has 0 spiro atoms. The molecule has 1 atom stereocenters. The van der Waals surface area contributed by atoms with Crippen LogP contribution in [0.3, 0.4) is 0 Å². The number of benzene rings is 1. The molecule has 5 rings (SSSR count). The maximum Gasteiger partial charge on any atom is 0.333 e. The van der Waals surface area contributed by atoms with Gasteiger partial charge in [-0.2, -0.15) is 0 Å². The summed E-state index contributed by atoms with van der Waals surface area (Å²) in [5, 5.41) is 10.2. The van der Waals surface area contributed by atoms with Gasteiger partial charge in [-0.3, -0.25) is 14.2 Å². The third-order valence-electron chi connectivity index (χ3n) is 7.29. The summed E-state index contributed by atoms with van der Waals surface area (Å²) in [6.07, 6.45) is 4.22. The first-order valence-corrected chi connectivity index (χ1v) is 13.6. The van der Waals surface area contributed by atoms with Crippen LogP contribution >= 0.6 is 11.3 Å². The number of ether oxygens (including phenoxy) is 1. The van der Waals surface area contributed by atoms with Crippen molar-refractivity contribution in [2.75, 3.05) is 0 Å². The van der Waals surface area contributed by atoms with Crippen molar-refractivity contribution in [3.05, 3.63) is 74.8 Å². The molecule has 1 aromatic carbocycles. The second kappa shape index (κ2) is 10.4. The monoisotopic (exact) mass is 551 g/mol. The van der Waals surface area contributed by atoms with Crippen LogP contribution < -0.4 is 11.2 Å². The van der Waals surface area contributed by atoms with Gasteiger partial charge >= 0.3 is 11.7 Å². The molecule has 204 valence electrons. The van der Waals surface area contributed by atoms with Crippen LogP contribution in [0.4, 0.5) is 0 Å². The van der Waals surface area contributed by atoms with Gasteiger partial charge in [0.25, 0.3) is 5.56 Å². The van der Waals surface area contributed by atoms with E-state index in [2.05, 4.69) is 4.98 Å². The minimum atomic E-state index is -1.81. The van der Waals surface area contributed by atoms with Gasteiger partial charge in [0, 0.05) is 12.8 Å². The number of oxazole rings is 1. The van der Waals surface area contributed by atoms with Gasteiger partial charge in [-0.1, -0.05) is 30.3 Å². The number of ketones is 1. The van der Waals surface area contributed by atoms with Crippen molar-refractivity contribution in [1.29, 1.82) is 0 Å². The van der Waals surface area contributed by atoms with E-state index < -0.39 is 28.9 Å². The largest absolute Gasteiger partial charge is 0.480 e. The van der Waals surface area contributed by atoms with Crippen LogP contribution in [0.2, 0.25) is 0 Å². The summed E-state index contributed by atoms with van der Waals surface area (Å²) in [7, 11) is 0. The van der Waals surface area contributed by atoms with Crippen LogP contribution in [-0.4, -0.2) is 37.1 Å². The van der Waals surface area contributed by atoms with Crippen molar-refractivity contribution < 1.29 is 23.8 Å². The zero-order valence-corrected chi connectivity index (χ0v) is 22.7. The standard InChI is InChI=1S/C28H29N3O7S/c1-16-21-24(33)31(28(2,3)26(34)35)27(36)30(25(21)39-22(16)23-29-13-14-37-23)15-20(17-7-5-4-6-8-17)38-19-11-9-18(32)10-12-19/h4-8,13-14,19-20H,9-12,15H2,1-3H3,(H,34,35). The topological polar surface area (TPSA) is 134 Å². The van der Waals surface area contributed by atoms with E-state index in [1.807, 2.05) is 30.3 Å². The predicted octanol–water partition coefficient (Wildman–Crippen LogP) is 4.28. The first kappa shape index (κ1) is 26.8. The van der Waals surface area contributed by atoms with Crippen molar-refractivity contribution >= 4 is 33.3 Å². The van der Waals surface area contributed by atoms with Crippen molar-refractivity contribution in [2.45, 2.75) is 70.7 Å². The van der Waals surface area contributed by atoms with Crippen LogP contribution in [0.5, 0.6) is 0 Å². The van der Waals surface area contributed by atoms with Crippen LogP contribution in [0.15, 0.2) is 56.8 Å². The summed E-state index contributed by atoms with van der Waals surface area (Å²) in [4.78, 5) is 56.9. The number of carboxylic acids is 1. The number of carbonyl (C=O) groups excluding carboxylic acids is 1. The number of rotatable bonds is 8. The predicted molar refractivity (Wildman–Crippen MR) is 145 cm³/mol. The molecule has 3 aromatic heterocycles. The molecule has 39 heavy (non-hydrogen) atoms. The van der Waals surface area contributed by atoms with Gasteiger partial charge < -0.3 is 14.3 Å². The van der Waals surface area contributed by atoms with E-state index in [0.717, 1.165) is 10.1 Å². The van der Waals surface area contributed by atoms with E-state index in [9.17, 15) is 24.3 Å². The summed E-state index contributed by atoms with van der Waals surface area (Å²) < 4.78 is 14.2. The Morgan fingerprint density at radius 3 is 2.51 bits per heavy atom. The van der Waals surface area contributed by atoms with Gasteiger partial charge in [0.15, 0.2) is 0 Å². The number of aromatic nitrogens is 3. The SMILES string of the molecule is Cc1c(-c2ncco2)sc2c1c(=O)n(C(C)(C)C(=O)O)c(=O)n2CC(OC1CCC(=O)CC1)c1ccccc1. The Balaban J connectivity index is 1.72. The molecule has 3 heterocycles. The Morgan fingerprint density at radius 2 is 1.90 bits per heavy atom. The van der Waals surface area contributed by atoms with E-state index in [4.69, 9.17) is 9.15 Å². The molecule has 0 bridgehead atoms. The number of fused-ring (bicyclic) bond motifs is 1. The Hall–Kier alpha value is -3.83. The Bertz CT molecular complexity index is 1640. The quantitative estimate of drug-likeness (QED) is 0.343. The number of thiophene rings is 1. The number of carbonyl (C=O) groups is 2. The van der Waals surface area contributed by atoms with Gasteiger partial charge in [-0.25, -0.2) is 19.1 Å². The van der Waals surface area contributed by atoms with Crippen LogP contribution in [0, 0.1) is 6.92 Å². The summed E-state index contributed by atoms with van der Waals surface area (Å²) in [5.74, 6) is -0.796. The average molecular weight is 552 g/mol. The third-order valence-corrected chi connectivity index (χ3v) is 8.59. The number of aliphatic carboxylic acids is 1. The highest BCUT2D eigenvalue weighted by atomic mass is 32.1. The van der Waals surface area contributed by atoms with Crippen LogP contribution in [0.1, 0.15) is 56.8 Å². The van der Waals surface area contributed by atoms with Crippen molar-refractivity contribution in [2.24, 2.45) is 0 Å². The van der Waals surface area contributed by atoms with E-state index in [-0.39, 0.29) is 23.8 Å². The van der Waals surface area contributed by atoms with Gasteiger partial charge in [-0.05, 0) is 44.7 Å². The maximum atomic E-state index is 14.0. The zero-order chi connectivity index (χ0) is 27.9.